The number of aromatic amines is 1. The van der Waals surface area contributed by atoms with Crippen molar-refractivity contribution in [3.63, 3.8) is 0 Å². The lowest BCUT2D eigenvalue weighted by Gasteiger charge is -2.36. The molecular formula is C17H15N5O2. The van der Waals surface area contributed by atoms with Gasteiger partial charge < -0.3 is 10.3 Å². The molecule has 7 nitrogen and oxygen atoms in total. The lowest BCUT2D eigenvalue weighted by atomic mass is 10.1. The van der Waals surface area contributed by atoms with Gasteiger partial charge in [0.2, 0.25) is 5.91 Å². The highest BCUT2D eigenvalue weighted by atomic mass is 16.2. The Labute approximate surface area is 137 Å². The van der Waals surface area contributed by atoms with Crippen LogP contribution < -0.4 is 10.7 Å². The van der Waals surface area contributed by atoms with Crippen LogP contribution in [0.1, 0.15) is 29.3 Å². The van der Waals surface area contributed by atoms with Crippen molar-refractivity contribution >= 4 is 28.5 Å². The molecule has 0 saturated heterocycles. The number of nitrogens with zero attached hydrogens (tertiary/aromatic N) is 2. The molecule has 1 aromatic heterocycles. The molecule has 1 atom stereocenters. The number of carbonyl (C=O) groups excluding carboxylic acids is 2. The van der Waals surface area contributed by atoms with Crippen LogP contribution in [0.5, 0.6) is 0 Å². The molecule has 0 bridgehead atoms. The summed E-state index contributed by atoms with van der Waals surface area (Å²) in [5.41, 5.74) is 5.45. The number of aromatic nitrogens is 2. The van der Waals surface area contributed by atoms with Crippen LogP contribution in [0.15, 0.2) is 48.5 Å². The predicted octanol–water partition coefficient (Wildman–Crippen LogP) is 2.18. The predicted molar refractivity (Wildman–Crippen MR) is 88.9 cm³/mol. The van der Waals surface area contributed by atoms with E-state index in [1.807, 2.05) is 36.4 Å². The Morgan fingerprint density at radius 2 is 1.92 bits per heavy atom. The first-order chi connectivity index (χ1) is 11.6. The summed E-state index contributed by atoms with van der Waals surface area (Å²) in [7, 11) is 0. The van der Waals surface area contributed by atoms with Crippen LogP contribution in [0, 0.1) is 0 Å². The number of hydrazine groups is 1. The highest BCUT2D eigenvalue weighted by Gasteiger charge is 2.35. The monoisotopic (exact) mass is 321 g/mol. The first-order valence-electron chi connectivity index (χ1n) is 7.54. The van der Waals surface area contributed by atoms with Crippen molar-refractivity contribution in [2.45, 2.75) is 13.1 Å². The van der Waals surface area contributed by atoms with Gasteiger partial charge in [-0.3, -0.25) is 15.0 Å². The largest absolute Gasteiger partial charge is 0.357 e. The topological polar surface area (TPSA) is 90.1 Å². The van der Waals surface area contributed by atoms with E-state index in [0.717, 1.165) is 11.0 Å². The lowest BCUT2D eigenvalue weighted by Crippen LogP contribution is -2.52. The molecule has 0 aliphatic carbocycles. The van der Waals surface area contributed by atoms with Crippen molar-refractivity contribution < 1.29 is 9.59 Å². The second kappa shape index (κ2) is 5.38. The fraction of sp³-hybridized carbons (Fsp3) is 0.118. The molecule has 120 valence electrons. The van der Waals surface area contributed by atoms with Crippen molar-refractivity contribution in [2.75, 3.05) is 5.32 Å². The van der Waals surface area contributed by atoms with Gasteiger partial charge in [-0.2, -0.15) is 0 Å². The Bertz CT molecular complexity index is 916. The van der Waals surface area contributed by atoms with Gasteiger partial charge >= 0.3 is 0 Å². The number of H-pyrrole nitrogens is 1. The second-order valence-corrected chi connectivity index (χ2v) is 5.57. The fourth-order valence-electron chi connectivity index (χ4n) is 2.83. The molecule has 0 radical (unpaired) electrons. The highest BCUT2D eigenvalue weighted by Crippen LogP contribution is 2.31. The van der Waals surface area contributed by atoms with Gasteiger partial charge in [-0.15, -0.1) is 0 Å². The molecule has 0 saturated carbocycles. The van der Waals surface area contributed by atoms with Crippen LogP contribution >= 0.6 is 0 Å². The number of fused-ring (bicyclic) bond motifs is 2. The molecule has 0 fully saturated rings. The van der Waals surface area contributed by atoms with Crippen molar-refractivity contribution in [2.24, 2.45) is 0 Å². The number of benzene rings is 2. The Kier molecular flexibility index (Phi) is 3.19. The fourth-order valence-corrected chi connectivity index (χ4v) is 2.83. The Balaban J connectivity index is 1.81. The van der Waals surface area contributed by atoms with E-state index in [4.69, 9.17) is 0 Å². The van der Waals surface area contributed by atoms with Gasteiger partial charge in [0, 0.05) is 12.6 Å². The minimum Gasteiger partial charge on any atom is -0.357 e. The maximum absolute atomic E-state index is 12.8. The number of imidazole rings is 1. The summed E-state index contributed by atoms with van der Waals surface area (Å²) in [6.07, 6.45) is -0.622. The second-order valence-electron chi connectivity index (χ2n) is 5.57. The number of hydrogen-bond acceptors (Lipinski definition) is 4. The van der Waals surface area contributed by atoms with E-state index >= 15 is 0 Å². The van der Waals surface area contributed by atoms with Gasteiger partial charge in [-0.05, 0) is 24.3 Å². The van der Waals surface area contributed by atoms with Crippen molar-refractivity contribution in [1.82, 2.24) is 20.4 Å². The standard InChI is InChI=1S/C17H15N5O2/c1-10(23)21-22-16(15-18-13-8-4-5-9-14(13)19-15)20-12-7-3-2-6-11(12)17(22)24/h2-9,16,20H,1H3,(H,18,19)(H,21,23). The van der Waals surface area contributed by atoms with Crippen LogP contribution in [-0.4, -0.2) is 26.8 Å². The van der Waals surface area contributed by atoms with Gasteiger partial charge in [0.25, 0.3) is 5.91 Å². The summed E-state index contributed by atoms with van der Waals surface area (Å²) in [6, 6.07) is 14.8. The average molecular weight is 321 g/mol. The molecule has 3 N–H and O–H groups in total. The zero-order chi connectivity index (χ0) is 16.7. The number of amides is 2. The van der Waals surface area contributed by atoms with Gasteiger partial charge in [-0.25, -0.2) is 9.99 Å². The van der Waals surface area contributed by atoms with Crippen LogP contribution in [0.3, 0.4) is 0 Å². The molecule has 3 aromatic rings. The quantitative estimate of drug-likeness (QED) is 0.675. The van der Waals surface area contributed by atoms with E-state index in [9.17, 15) is 9.59 Å². The molecule has 24 heavy (non-hydrogen) atoms. The smallest absolute Gasteiger partial charge is 0.276 e. The third-order valence-corrected chi connectivity index (χ3v) is 3.87. The third-order valence-electron chi connectivity index (χ3n) is 3.87. The van der Waals surface area contributed by atoms with Crippen LogP contribution in [0.2, 0.25) is 0 Å². The van der Waals surface area contributed by atoms with E-state index in [-0.39, 0.29) is 11.8 Å². The van der Waals surface area contributed by atoms with Crippen molar-refractivity contribution in [1.29, 1.82) is 0 Å². The maximum atomic E-state index is 12.8. The molecule has 2 heterocycles. The Morgan fingerprint density at radius 3 is 2.71 bits per heavy atom. The zero-order valence-electron chi connectivity index (χ0n) is 12.9. The number of hydrogen-bond donors (Lipinski definition) is 3. The summed E-state index contributed by atoms with van der Waals surface area (Å²) < 4.78 is 0. The molecule has 1 unspecified atom stereocenters. The first kappa shape index (κ1) is 14.3. The number of anilines is 1. The summed E-state index contributed by atoms with van der Waals surface area (Å²) in [5, 5.41) is 4.52. The Hall–Kier alpha value is -3.35. The van der Waals surface area contributed by atoms with Gasteiger partial charge in [0.05, 0.1) is 16.6 Å². The van der Waals surface area contributed by atoms with Gasteiger partial charge in [-0.1, -0.05) is 24.3 Å². The maximum Gasteiger partial charge on any atom is 0.276 e. The first-order valence-corrected chi connectivity index (χ1v) is 7.54. The van der Waals surface area contributed by atoms with Crippen molar-refractivity contribution in [3.05, 3.63) is 59.9 Å². The normalized spacial score (nSPS) is 16.6. The minimum absolute atomic E-state index is 0.287. The van der Waals surface area contributed by atoms with E-state index < -0.39 is 6.17 Å². The van der Waals surface area contributed by atoms with Gasteiger partial charge in [0.1, 0.15) is 0 Å². The number of nitrogens with one attached hydrogen (secondary N) is 3. The van der Waals surface area contributed by atoms with E-state index in [1.54, 1.807) is 12.1 Å². The summed E-state index contributed by atoms with van der Waals surface area (Å²) in [6.45, 7) is 1.36. The lowest BCUT2D eigenvalue weighted by molar-refractivity contribution is -0.123. The highest BCUT2D eigenvalue weighted by molar-refractivity contribution is 6.02. The molecule has 7 heteroatoms. The zero-order valence-corrected chi connectivity index (χ0v) is 12.9. The number of rotatable bonds is 2. The minimum atomic E-state index is -0.622. The summed E-state index contributed by atoms with van der Waals surface area (Å²) in [4.78, 5) is 32.1. The number of para-hydroxylation sites is 3. The summed E-state index contributed by atoms with van der Waals surface area (Å²) >= 11 is 0. The Morgan fingerprint density at radius 1 is 1.17 bits per heavy atom. The van der Waals surface area contributed by atoms with E-state index in [1.165, 1.54) is 11.9 Å². The molecular weight excluding hydrogens is 306 g/mol. The van der Waals surface area contributed by atoms with Gasteiger partial charge in [0.15, 0.2) is 12.0 Å². The molecule has 4 rings (SSSR count). The third kappa shape index (κ3) is 2.26. The molecule has 2 aromatic carbocycles. The molecule has 1 aliphatic rings. The SMILES string of the molecule is CC(=O)NN1C(=O)c2ccccc2NC1c1nc2ccccc2[nH]1. The summed E-state index contributed by atoms with van der Waals surface area (Å²) in [5.74, 6) is -0.0662. The van der Waals surface area contributed by atoms with E-state index in [0.29, 0.717) is 17.1 Å². The number of carbonyl (C=O) groups is 2. The molecule has 1 aliphatic heterocycles. The molecule has 0 spiro atoms. The van der Waals surface area contributed by atoms with E-state index in [2.05, 4.69) is 20.7 Å². The average Bonchev–Trinajstić information content (AvgIpc) is 3.01. The van der Waals surface area contributed by atoms with Crippen LogP contribution in [0.4, 0.5) is 5.69 Å². The van der Waals surface area contributed by atoms with Crippen molar-refractivity contribution in [3.8, 4) is 0 Å². The van der Waals surface area contributed by atoms with Crippen LogP contribution in [0.25, 0.3) is 11.0 Å². The molecule has 2 amide bonds. The van der Waals surface area contributed by atoms with Crippen LogP contribution in [-0.2, 0) is 4.79 Å².